The molecule has 1 atom stereocenters. The molecule has 130 valence electrons. The standard InChI is InChI=1S/C19H19FN2O3/c20-15-11-9-14(10-12-15)18(13-5-1-2-6-13)21-19(23)16-7-3-4-8-17(16)22(24)25/h3-4,7-13,18H,1-2,5-6H2,(H,21,23)/t18-/m0/s1. The molecular weight excluding hydrogens is 323 g/mol. The first-order chi connectivity index (χ1) is 12.1. The van der Waals surface area contributed by atoms with Crippen molar-refractivity contribution in [2.75, 3.05) is 0 Å². The van der Waals surface area contributed by atoms with Crippen LogP contribution >= 0.6 is 0 Å². The number of nitro groups is 1. The Balaban J connectivity index is 1.88. The molecule has 6 heteroatoms. The van der Waals surface area contributed by atoms with E-state index >= 15 is 0 Å². The van der Waals surface area contributed by atoms with Crippen molar-refractivity contribution < 1.29 is 14.1 Å². The van der Waals surface area contributed by atoms with Crippen LogP contribution in [0.3, 0.4) is 0 Å². The van der Waals surface area contributed by atoms with Crippen molar-refractivity contribution in [2.45, 2.75) is 31.7 Å². The van der Waals surface area contributed by atoms with Crippen LogP contribution < -0.4 is 5.32 Å². The molecular formula is C19H19FN2O3. The molecule has 1 fully saturated rings. The van der Waals surface area contributed by atoms with Crippen molar-refractivity contribution in [3.63, 3.8) is 0 Å². The molecule has 0 spiro atoms. The molecule has 1 amide bonds. The summed E-state index contributed by atoms with van der Waals surface area (Å²) in [5, 5.41) is 14.1. The Bertz CT molecular complexity index is 770. The van der Waals surface area contributed by atoms with Gasteiger partial charge < -0.3 is 5.32 Å². The van der Waals surface area contributed by atoms with Crippen molar-refractivity contribution >= 4 is 11.6 Å². The predicted molar refractivity (Wildman–Crippen MR) is 91.7 cm³/mol. The molecule has 0 unspecified atom stereocenters. The minimum absolute atomic E-state index is 0.0395. The summed E-state index contributed by atoms with van der Waals surface area (Å²) in [6.45, 7) is 0. The van der Waals surface area contributed by atoms with Crippen LogP contribution in [0.1, 0.15) is 47.6 Å². The van der Waals surface area contributed by atoms with Crippen molar-refractivity contribution in [2.24, 2.45) is 5.92 Å². The highest BCUT2D eigenvalue weighted by Crippen LogP contribution is 2.36. The zero-order valence-electron chi connectivity index (χ0n) is 13.7. The number of rotatable bonds is 5. The number of hydrogen-bond donors (Lipinski definition) is 1. The number of carbonyl (C=O) groups is 1. The van der Waals surface area contributed by atoms with Gasteiger partial charge in [0.25, 0.3) is 11.6 Å². The van der Waals surface area contributed by atoms with Gasteiger partial charge in [0.05, 0.1) is 11.0 Å². The fourth-order valence-corrected chi connectivity index (χ4v) is 3.48. The van der Waals surface area contributed by atoms with Crippen LogP contribution in [0, 0.1) is 21.8 Å². The molecule has 1 saturated carbocycles. The first-order valence-corrected chi connectivity index (χ1v) is 8.36. The minimum Gasteiger partial charge on any atom is -0.345 e. The van der Waals surface area contributed by atoms with Crippen molar-refractivity contribution in [1.29, 1.82) is 0 Å². The summed E-state index contributed by atoms with van der Waals surface area (Å²) in [6, 6.07) is 11.7. The van der Waals surface area contributed by atoms with E-state index in [-0.39, 0.29) is 29.0 Å². The minimum atomic E-state index is -0.558. The van der Waals surface area contributed by atoms with Crippen LogP contribution in [0.5, 0.6) is 0 Å². The molecule has 0 saturated heterocycles. The maximum Gasteiger partial charge on any atom is 0.282 e. The van der Waals surface area contributed by atoms with Gasteiger partial charge in [-0.3, -0.25) is 14.9 Å². The first kappa shape index (κ1) is 17.1. The Labute approximate surface area is 145 Å². The van der Waals surface area contributed by atoms with E-state index in [0.29, 0.717) is 0 Å². The average Bonchev–Trinajstić information content (AvgIpc) is 3.14. The van der Waals surface area contributed by atoms with Crippen LogP contribution in [-0.2, 0) is 0 Å². The molecule has 0 heterocycles. The highest BCUT2D eigenvalue weighted by atomic mass is 19.1. The maximum atomic E-state index is 13.2. The second kappa shape index (κ2) is 7.42. The zero-order valence-corrected chi connectivity index (χ0v) is 13.7. The van der Waals surface area contributed by atoms with E-state index in [1.165, 1.54) is 30.3 Å². The van der Waals surface area contributed by atoms with Gasteiger partial charge in [0, 0.05) is 6.07 Å². The molecule has 2 aromatic rings. The summed E-state index contributed by atoms with van der Waals surface area (Å²) in [5.74, 6) is -0.565. The predicted octanol–water partition coefficient (Wildman–Crippen LogP) is 4.40. The number of nitrogens with one attached hydrogen (secondary N) is 1. The summed E-state index contributed by atoms with van der Waals surface area (Å²) in [7, 11) is 0. The van der Waals surface area contributed by atoms with Gasteiger partial charge in [0.15, 0.2) is 0 Å². The van der Waals surface area contributed by atoms with Gasteiger partial charge in [-0.15, -0.1) is 0 Å². The number of nitro benzene ring substituents is 1. The van der Waals surface area contributed by atoms with Gasteiger partial charge >= 0.3 is 0 Å². The summed E-state index contributed by atoms with van der Waals surface area (Å²) >= 11 is 0. The normalized spacial score (nSPS) is 15.7. The Morgan fingerprint density at radius 2 is 1.76 bits per heavy atom. The number of halogens is 1. The van der Waals surface area contributed by atoms with Crippen LogP contribution in [0.4, 0.5) is 10.1 Å². The van der Waals surface area contributed by atoms with Crippen LogP contribution in [-0.4, -0.2) is 10.8 Å². The highest BCUT2D eigenvalue weighted by molar-refractivity contribution is 5.98. The monoisotopic (exact) mass is 342 g/mol. The first-order valence-electron chi connectivity index (χ1n) is 8.36. The van der Waals surface area contributed by atoms with E-state index in [2.05, 4.69) is 5.32 Å². The van der Waals surface area contributed by atoms with E-state index in [1.54, 1.807) is 18.2 Å². The lowest BCUT2D eigenvalue weighted by Crippen LogP contribution is -2.33. The van der Waals surface area contributed by atoms with E-state index in [1.807, 2.05) is 0 Å². The van der Waals surface area contributed by atoms with Crippen LogP contribution in [0.2, 0.25) is 0 Å². The van der Waals surface area contributed by atoms with Crippen molar-refractivity contribution in [3.05, 3.63) is 75.6 Å². The SMILES string of the molecule is O=C(N[C@H](c1ccc(F)cc1)C1CCCC1)c1ccccc1[N+](=O)[O-]. The van der Waals surface area contributed by atoms with E-state index < -0.39 is 10.8 Å². The lowest BCUT2D eigenvalue weighted by atomic mass is 9.91. The highest BCUT2D eigenvalue weighted by Gasteiger charge is 2.29. The number of benzene rings is 2. The number of amides is 1. The summed E-state index contributed by atoms with van der Waals surface area (Å²) < 4.78 is 13.2. The Morgan fingerprint density at radius 1 is 1.12 bits per heavy atom. The topological polar surface area (TPSA) is 72.2 Å². The lowest BCUT2D eigenvalue weighted by molar-refractivity contribution is -0.385. The number of carbonyl (C=O) groups excluding carboxylic acids is 1. The maximum absolute atomic E-state index is 13.2. The molecule has 2 aromatic carbocycles. The number of hydrogen-bond acceptors (Lipinski definition) is 3. The molecule has 25 heavy (non-hydrogen) atoms. The molecule has 0 aliphatic heterocycles. The van der Waals surface area contributed by atoms with Gasteiger partial charge in [0.1, 0.15) is 11.4 Å². The Hall–Kier alpha value is -2.76. The lowest BCUT2D eigenvalue weighted by Gasteiger charge is -2.25. The van der Waals surface area contributed by atoms with Gasteiger partial charge in [0.2, 0.25) is 0 Å². The third-order valence-corrected chi connectivity index (χ3v) is 4.73. The Morgan fingerprint density at radius 3 is 2.40 bits per heavy atom. The third-order valence-electron chi connectivity index (χ3n) is 4.73. The fraction of sp³-hybridized carbons (Fsp3) is 0.316. The van der Waals surface area contributed by atoms with E-state index in [9.17, 15) is 19.3 Å². The molecule has 0 aromatic heterocycles. The molecule has 0 radical (unpaired) electrons. The summed E-state index contributed by atoms with van der Waals surface area (Å²) in [5.41, 5.74) is 0.641. The number of para-hydroxylation sites is 1. The van der Waals surface area contributed by atoms with Crippen LogP contribution in [0.15, 0.2) is 48.5 Å². The largest absolute Gasteiger partial charge is 0.345 e. The van der Waals surface area contributed by atoms with Crippen molar-refractivity contribution in [3.8, 4) is 0 Å². The molecule has 1 N–H and O–H groups in total. The van der Waals surface area contributed by atoms with E-state index in [4.69, 9.17) is 0 Å². The summed E-state index contributed by atoms with van der Waals surface area (Å²) in [4.78, 5) is 23.3. The molecule has 1 aliphatic carbocycles. The molecule has 5 nitrogen and oxygen atoms in total. The van der Waals surface area contributed by atoms with Gasteiger partial charge in [-0.1, -0.05) is 37.1 Å². The zero-order chi connectivity index (χ0) is 17.8. The average molecular weight is 342 g/mol. The smallest absolute Gasteiger partial charge is 0.282 e. The quantitative estimate of drug-likeness (QED) is 0.647. The molecule has 1 aliphatic rings. The van der Waals surface area contributed by atoms with Gasteiger partial charge in [-0.25, -0.2) is 4.39 Å². The Kier molecular flexibility index (Phi) is 5.07. The van der Waals surface area contributed by atoms with Crippen LogP contribution in [0.25, 0.3) is 0 Å². The van der Waals surface area contributed by atoms with E-state index in [0.717, 1.165) is 31.2 Å². The van der Waals surface area contributed by atoms with Gasteiger partial charge in [-0.2, -0.15) is 0 Å². The molecule has 0 bridgehead atoms. The summed E-state index contributed by atoms with van der Waals surface area (Å²) in [6.07, 6.45) is 4.12. The van der Waals surface area contributed by atoms with Crippen molar-refractivity contribution in [1.82, 2.24) is 5.32 Å². The fourth-order valence-electron chi connectivity index (χ4n) is 3.48. The third kappa shape index (κ3) is 3.84. The van der Waals surface area contributed by atoms with Gasteiger partial charge in [-0.05, 0) is 42.5 Å². The molecule has 3 rings (SSSR count). The second-order valence-electron chi connectivity index (χ2n) is 6.32. The second-order valence-corrected chi connectivity index (χ2v) is 6.32. The number of nitrogens with zero attached hydrogens (tertiary/aromatic N) is 1.